The van der Waals surface area contributed by atoms with E-state index < -0.39 is 0 Å². The first-order chi connectivity index (χ1) is 11.3. The number of fused-ring (bicyclic) bond motifs is 1. The Kier molecular flexibility index (Phi) is 3.53. The van der Waals surface area contributed by atoms with Crippen LogP contribution >= 0.6 is 0 Å². The molecule has 2 N–H and O–H groups in total. The third kappa shape index (κ3) is 2.49. The van der Waals surface area contributed by atoms with Crippen LogP contribution in [0.4, 0.5) is 5.69 Å². The normalized spacial score (nSPS) is 18.7. The van der Waals surface area contributed by atoms with Crippen molar-refractivity contribution in [3.63, 3.8) is 0 Å². The van der Waals surface area contributed by atoms with Crippen molar-refractivity contribution in [2.45, 2.75) is 12.8 Å². The largest absolute Gasteiger partial charge is 0.396 e. The molecule has 4 heterocycles. The van der Waals surface area contributed by atoms with E-state index >= 15 is 0 Å². The second-order valence-corrected chi connectivity index (χ2v) is 6.30. The zero-order valence-electron chi connectivity index (χ0n) is 13.2. The molecule has 6 nitrogen and oxygen atoms in total. The highest BCUT2D eigenvalue weighted by atomic mass is 16.3. The Hall–Kier alpha value is -2.34. The number of piperidine rings is 1. The van der Waals surface area contributed by atoms with Crippen molar-refractivity contribution in [3.8, 4) is 11.1 Å². The second kappa shape index (κ2) is 5.70. The van der Waals surface area contributed by atoms with Gasteiger partial charge in [-0.25, -0.2) is 4.98 Å². The molecule has 1 aliphatic rings. The molecule has 1 fully saturated rings. The summed E-state index contributed by atoms with van der Waals surface area (Å²) in [5.41, 5.74) is 4.30. The maximum Gasteiger partial charge on any atom is 0.139 e. The number of pyridine rings is 1. The minimum Gasteiger partial charge on any atom is -0.396 e. The van der Waals surface area contributed by atoms with Gasteiger partial charge in [-0.15, -0.1) is 0 Å². The zero-order chi connectivity index (χ0) is 15.8. The van der Waals surface area contributed by atoms with Gasteiger partial charge in [0, 0.05) is 62.1 Å². The Bertz CT molecular complexity index is 821. The number of aromatic nitrogens is 4. The van der Waals surface area contributed by atoms with Crippen LogP contribution in [0.1, 0.15) is 12.8 Å². The van der Waals surface area contributed by atoms with Crippen molar-refractivity contribution in [2.75, 3.05) is 24.6 Å². The van der Waals surface area contributed by atoms with Gasteiger partial charge in [0.25, 0.3) is 0 Å². The molecule has 3 aromatic rings. The summed E-state index contributed by atoms with van der Waals surface area (Å²) >= 11 is 0. The van der Waals surface area contributed by atoms with E-state index in [9.17, 15) is 5.11 Å². The Labute approximate surface area is 134 Å². The minimum atomic E-state index is 0.257. The lowest BCUT2D eigenvalue weighted by Gasteiger charge is -2.34. The van der Waals surface area contributed by atoms with Gasteiger partial charge in [-0.2, -0.15) is 5.10 Å². The summed E-state index contributed by atoms with van der Waals surface area (Å²) in [7, 11) is 1.92. The van der Waals surface area contributed by atoms with E-state index in [-0.39, 0.29) is 6.61 Å². The zero-order valence-corrected chi connectivity index (χ0v) is 13.2. The summed E-state index contributed by atoms with van der Waals surface area (Å²) in [6.07, 6.45) is 9.97. The molecule has 0 amide bonds. The quantitative estimate of drug-likeness (QED) is 0.778. The minimum absolute atomic E-state index is 0.257. The van der Waals surface area contributed by atoms with Crippen LogP contribution < -0.4 is 4.90 Å². The number of hydrogen-bond acceptors (Lipinski definition) is 4. The molecule has 0 aliphatic carbocycles. The number of nitrogens with one attached hydrogen (secondary N) is 1. The van der Waals surface area contributed by atoms with Crippen LogP contribution in [0.2, 0.25) is 0 Å². The van der Waals surface area contributed by atoms with Gasteiger partial charge in [0.05, 0.1) is 11.6 Å². The summed E-state index contributed by atoms with van der Waals surface area (Å²) in [5, 5.41) is 14.9. The van der Waals surface area contributed by atoms with E-state index in [1.807, 2.05) is 36.5 Å². The SMILES string of the molecule is Cn1cc(-c2c[nH]c3nccc(N4CCCC(CO)C4)c23)cn1. The van der Waals surface area contributed by atoms with Gasteiger partial charge in [-0.05, 0) is 24.8 Å². The first kappa shape index (κ1) is 14.3. The summed E-state index contributed by atoms with van der Waals surface area (Å²) < 4.78 is 1.81. The average Bonchev–Trinajstić information content (AvgIpc) is 3.20. The molecule has 0 bridgehead atoms. The summed E-state index contributed by atoms with van der Waals surface area (Å²) in [4.78, 5) is 10.1. The highest BCUT2D eigenvalue weighted by Gasteiger charge is 2.23. The van der Waals surface area contributed by atoms with Crippen LogP contribution in [-0.4, -0.2) is 44.6 Å². The van der Waals surface area contributed by atoms with Crippen LogP contribution in [0, 0.1) is 5.92 Å². The predicted octanol–water partition coefficient (Wildman–Crippen LogP) is 2.17. The average molecular weight is 311 g/mol. The van der Waals surface area contributed by atoms with Crippen LogP contribution in [0.3, 0.4) is 0 Å². The van der Waals surface area contributed by atoms with Crippen molar-refractivity contribution >= 4 is 16.7 Å². The van der Waals surface area contributed by atoms with Crippen molar-refractivity contribution in [1.82, 2.24) is 19.7 Å². The van der Waals surface area contributed by atoms with Gasteiger partial charge in [0.1, 0.15) is 5.65 Å². The van der Waals surface area contributed by atoms with E-state index in [2.05, 4.69) is 26.0 Å². The van der Waals surface area contributed by atoms with Gasteiger partial charge < -0.3 is 15.0 Å². The van der Waals surface area contributed by atoms with Crippen molar-refractivity contribution in [2.24, 2.45) is 13.0 Å². The number of nitrogens with zero attached hydrogens (tertiary/aromatic N) is 4. The molecule has 23 heavy (non-hydrogen) atoms. The van der Waals surface area contributed by atoms with E-state index in [4.69, 9.17) is 0 Å². The van der Waals surface area contributed by atoms with E-state index in [0.29, 0.717) is 5.92 Å². The summed E-state index contributed by atoms with van der Waals surface area (Å²) in [6, 6.07) is 2.08. The third-order valence-corrected chi connectivity index (χ3v) is 4.69. The molecular formula is C17H21N5O. The number of rotatable bonds is 3. The number of aryl methyl sites for hydroxylation is 1. The Morgan fingerprint density at radius 3 is 3.13 bits per heavy atom. The maximum absolute atomic E-state index is 9.51. The molecule has 1 atom stereocenters. The fourth-order valence-electron chi connectivity index (χ4n) is 3.52. The standard InChI is InChI=1S/C17H21N5O/c1-21-10-13(7-20-21)14-8-19-17-16(14)15(4-5-18-17)22-6-2-3-12(9-22)11-23/h4-5,7-8,10,12,23H,2-3,6,9,11H2,1H3,(H,18,19). The first-order valence-corrected chi connectivity index (χ1v) is 8.07. The molecule has 0 radical (unpaired) electrons. The van der Waals surface area contributed by atoms with E-state index in [1.54, 1.807) is 0 Å². The van der Waals surface area contributed by atoms with Gasteiger partial charge in [-0.3, -0.25) is 4.68 Å². The molecule has 1 aliphatic heterocycles. The van der Waals surface area contributed by atoms with Gasteiger partial charge >= 0.3 is 0 Å². The van der Waals surface area contributed by atoms with E-state index in [0.717, 1.165) is 48.1 Å². The number of hydrogen-bond donors (Lipinski definition) is 2. The summed E-state index contributed by atoms with van der Waals surface area (Å²) in [5.74, 6) is 0.354. The van der Waals surface area contributed by atoms with Crippen LogP contribution in [-0.2, 0) is 7.05 Å². The van der Waals surface area contributed by atoms with Crippen LogP contribution in [0.25, 0.3) is 22.2 Å². The van der Waals surface area contributed by atoms with Gasteiger partial charge in [0.15, 0.2) is 0 Å². The topological polar surface area (TPSA) is 70.0 Å². The number of H-pyrrole nitrogens is 1. The predicted molar refractivity (Wildman–Crippen MR) is 90.3 cm³/mol. The number of aliphatic hydroxyl groups is 1. The lowest BCUT2D eigenvalue weighted by Crippen LogP contribution is -2.36. The fourth-order valence-corrected chi connectivity index (χ4v) is 3.52. The monoisotopic (exact) mass is 311 g/mol. The molecule has 3 aromatic heterocycles. The van der Waals surface area contributed by atoms with Crippen molar-refractivity contribution in [3.05, 3.63) is 30.9 Å². The number of anilines is 1. The first-order valence-electron chi connectivity index (χ1n) is 8.07. The van der Waals surface area contributed by atoms with Crippen molar-refractivity contribution < 1.29 is 5.11 Å². The highest BCUT2D eigenvalue weighted by Crippen LogP contribution is 2.36. The van der Waals surface area contributed by atoms with Crippen LogP contribution in [0.5, 0.6) is 0 Å². The molecule has 0 spiro atoms. The molecule has 1 saturated heterocycles. The molecule has 120 valence electrons. The third-order valence-electron chi connectivity index (χ3n) is 4.69. The smallest absolute Gasteiger partial charge is 0.139 e. The van der Waals surface area contributed by atoms with Gasteiger partial charge in [-0.1, -0.05) is 0 Å². The van der Waals surface area contributed by atoms with Crippen LogP contribution in [0.15, 0.2) is 30.9 Å². The van der Waals surface area contributed by atoms with E-state index in [1.165, 1.54) is 5.69 Å². The lowest BCUT2D eigenvalue weighted by molar-refractivity contribution is 0.209. The summed E-state index contributed by atoms with van der Waals surface area (Å²) in [6.45, 7) is 2.17. The Morgan fingerprint density at radius 1 is 1.43 bits per heavy atom. The highest BCUT2D eigenvalue weighted by molar-refractivity contribution is 6.02. The lowest BCUT2D eigenvalue weighted by atomic mass is 9.97. The Morgan fingerprint density at radius 2 is 2.35 bits per heavy atom. The molecule has 1 unspecified atom stereocenters. The van der Waals surface area contributed by atoms with Crippen molar-refractivity contribution in [1.29, 1.82) is 0 Å². The second-order valence-electron chi connectivity index (χ2n) is 6.30. The van der Waals surface area contributed by atoms with Gasteiger partial charge in [0.2, 0.25) is 0 Å². The fraction of sp³-hybridized carbons (Fsp3) is 0.412. The number of aromatic amines is 1. The molecule has 4 rings (SSSR count). The Balaban J connectivity index is 1.82. The molecule has 0 aromatic carbocycles. The number of aliphatic hydroxyl groups excluding tert-OH is 1. The maximum atomic E-state index is 9.51. The molecular weight excluding hydrogens is 290 g/mol. The molecule has 0 saturated carbocycles. The molecule has 6 heteroatoms.